The van der Waals surface area contributed by atoms with Gasteiger partial charge in [0.2, 0.25) is 23.6 Å². The van der Waals surface area contributed by atoms with Gasteiger partial charge in [0.15, 0.2) is 0 Å². The number of pyridine rings is 2. The van der Waals surface area contributed by atoms with Crippen molar-refractivity contribution < 1.29 is 29.4 Å². The van der Waals surface area contributed by atoms with E-state index in [0.29, 0.717) is 48.4 Å². The van der Waals surface area contributed by atoms with Gasteiger partial charge in [0, 0.05) is 125 Å². The molecule has 4 aliphatic heterocycles. The van der Waals surface area contributed by atoms with Gasteiger partial charge in [-0.05, 0) is 63.8 Å². The van der Waals surface area contributed by atoms with Crippen molar-refractivity contribution in [3.05, 3.63) is 116 Å². The second kappa shape index (κ2) is 21.8. The minimum absolute atomic E-state index is 0.0547. The number of hydrogen-bond acceptors (Lipinski definition) is 10. The summed E-state index contributed by atoms with van der Waals surface area (Å²) in [4.78, 5) is 93.7. The van der Waals surface area contributed by atoms with E-state index in [9.17, 15) is 39.0 Å². The van der Waals surface area contributed by atoms with Gasteiger partial charge in [0.05, 0.1) is 60.0 Å². The summed E-state index contributed by atoms with van der Waals surface area (Å²) >= 11 is 0. The van der Waals surface area contributed by atoms with Crippen molar-refractivity contribution in [3.63, 3.8) is 0 Å². The first-order valence-corrected chi connectivity index (χ1v) is 26.0. The molecule has 2 saturated heterocycles. The highest BCUT2D eigenvalue weighted by Gasteiger charge is 2.59. The lowest BCUT2D eigenvalue weighted by Crippen LogP contribution is -2.50. The van der Waals surface area contributed by atoms with Crippen LogP contribution in [0.5, 0.6) is 0 Å². The van der Waals surface area contributed by atoms with Crippen LogP contribution in [0.2, 0.25) is 0 Å². The van der Waals surface area contributed by atoms with Crippen molar-refractivity contribution in [3.8, 4) is 0 Å². The molecule has 0 aromatic carbocycles. The van der Waals surface area contributed by atoms with Crippen molar-refractivity contribution >= 4 is 35.8 Å². The second-order valence-electron chi connectivity index (χ2n) is 20.6. The molecule has 384 valence electrons. The van der Waals surface area contributed by atoms with E-state index in [0.717, 1.165) is 62.8 Å². The summed E-state index contributed by atoms with van der Waals surface area (Å²) in [6.45, 7) is 4.67. The van der Waals surface area contributed by atoms with Crippen LogP contribution in [-0.2, 0) is 59.2 Å². The molecule has 8 heterocycles. The first-order valence-electron chi connectivity index (χ1n) is 26.0. The maximum absolute atomic E-state index is 13.8. The fraction of sp³-hybridized carbons (Fsp3) is 0.556. The summed E-state index contributed by atoms with van der Waals surface area (Å²) < 4.78 is 7.16. The Balaban J connectivity index is 0.000000178. The van der Waals surface area contributed by atoms with Gasteiger partial charge in [-0.25, -0.2) is 9.97 Å². The average Bonchev–Trinajstić information content (AvgIpc) is 4.26. The van der Waals surface area contributed by atoms with E-state index in [2.05, 4.69) is 20.6 Å². The van der Waals surface area contributed by atoms with E-state index in [4.69, 9.17) is 0 Å². The normalized spacial score (nSPS) is 25.5. The third-order valence-corrected chi connectivity index (χ3v) is 16.2. The van der Waals surface area contributed by atoms with Gasteiger partial charge >= 0.3 is 0 Å². The highest BCUT2D eigenvalue weighted by atomic mass is 16.3. The summed E-state index contributed by atoms with van der Waals surface area (Å²) in [5.41, 5.74) is 4.03. The number of carbonyl (C=O) groups is 4. The SMILES string of the molecule is C/C=C/c1ccc2n(c1=O)C[C@@H]1[C@@H](CO)[C@H](C(=O)NCCc3cn(C)cn3)[C@H]2N1C(=O)C1CCCC1.C/C=C\c1ccc2n(c1=O)C[C@@H]1[C@@H](CO)[C@H](C(=O)NCCc3cn(C)cn3)[C@H]2N1C(=O)C1CCCC1. The van der Waals surface area contributed by atoms with Crippen molar-refractivity contribution in [2.45, 2.75) is 115 Å². The van der Waals surface area contributed by atoms with Crippen LogP contribution in [0.3, 0.4) is 0 Å². The van der Waals surface area contributed by atoms with Crippen LogP contribution in [0.15, 0.2) is 71.1 Å². The Hall–Kier alpha value is -6.40. The first kappa shape index (κ1) is 50.5. The highest BCUT2D eigenvalue weighted by Crippen LogP contribution is 2.51. The Morgan fingerprint density at radius 3 is 1.35 bits per heavy atom. The molecule has 4 aromatic heterocycles. The molecule has 4 bridgehead atoms. The van der Waals surface area contributed by atoms with Gasteiger partial charge in [-0.15, -0.1) is 0 Å². The molecule has 4 amide bonds. The summed E-state index contributed by atoms with van der Waals surface area (Å²) in [5.74, 6) is -2.53. The average molecular weight is 987 g/mol. The Morgan fingerprint density at radius 2 is 1.01 bits per heavy atom. The molecule has 18 nitrogen and oxygen atoms in total. The van der Waals surface area contributed by atoms with E-state index in [1.54, 1.807) is 46.1 Å². The Morgan fingerprint density at radius 1 is 0.625 bits per heavy atom. The number of allylic oxidation sites excluding steroid dienone is 2. The standard InChI is InChI=1S/2C27H35N5O4/c2*1-3-6-17-9-10-21-24-23(25(34)28-12-11-19-13-30(2)16-29-19)20(15-33)22(14-31(21)26(17)35)32(24)27(36)18-7-4-5-8-18/h2*3,6,9-10,13,16,18,20,22-24,33H,4-5,7-8,11-12,14-15H2,1-2H3,(H,28,34)/b6-3+;6-3-/t2*20-,22-,23+,24+/m11/s1. The minimum Gasteiger partial charge on any atom is -0.396 e. The number of aliphatic hydroxyl groups excluding tert-OH is 2. The van der Waals surface area contributed by atoms with E-state index in [1.807, 2.05) is 83.6 Å². The quantitative estimate of drug-likeness (QED) is 0.145. The molecular formula is C54H70N10O8. The largest absolute Gasteiger partial charge is 0.396 e. The van der Waals surface area contributed by atoms with Crippen molar-refractivity contribution in [2.24, 2.45) is 49.6 Å². The molecule has 4 N–H and O–H groups in total. The van der Waals surface area contributed by atoms with Gasteiger partial charge < -0.3 is 48.9 Å². The van der Waals surface area contributed by atoms with Crippen molar-refractivity contribution in [1.29, 1.82) is 0 Å². The molecule has 0 unspecified atom stereocenters. The number of rotatable bonds is 14. The fourth-order valence-corrected chi connectivity index (χ4v) is 12.9. The summed E-state index contributed by atoms with van der Waals surface area (Å²) in [6, 6.07) is 5.36. The number of fused-ring (bicyclic) bond motifs is 8. The van der Waals surface area contributed by atoms with Crippen LogP contribution in [0.4, 0.5) is 0 Å². The van der Waals surface area contributed by atoms with Gasteiger partial charge in [0.25, 0.3) is 11.1 Å². The number of carbonyl (C=O) groups excluding carboxylic acids is 4. The summed E-state index contributed by atoms with van der Waals surface area (Å²) in [7, 11) is 3.80. The lowest BCUT2D eigenvalue weighted by Gasteiger charge is -2.39. The topological polar surface area (TPSA) is 219 Å². The Kier molecular flexibility index (Phi) is 15.3. The number of aliphatic hydroxyl groups is 2. The summed E-state index contributed by atoms with van der Waals surface area (Å²) in [5, 5.41) is 27.0. The smallest absolute Gasteiger partial charge is 0.258 e. The van der Waals surface area contributed by atoms with Crippen molar-refractivity contribution in [1.82, 2.24) is 48.7 Å². The molecular weight excluding hydrogens is 917 g/mol. The molecule has 18 heteroatoms. The molecule has 8 atom stereocenters. The zero-order chi connectivity index (χ0) is 50.8. The predicted octanol–water partition coefficient (Wildman–Crippen LogP) is 3.31. The molecule has 4 fully saturated rings. The van der Waals surface area contributed by atoms with Gasteiger partial charge in [-0.3, -0.25) is 28.8 Å². The Bertz CT molecular complexity index is 2640. The lowest BCUT2D eigenvalue weighted by molar-refractivity contribution is -0.142. The summed E-state index contributed by atoms with van der Waals surface area (Å²) in [6.07, 6.45) is 23.2. The lowest BCUT2D eigenvalue weighted by atomic mass is 9.86. The van der Waals surface area contributed by atoms with Crippen LogP contribution < -0.4 is 21.8 Å². The van der Waals surface area contributed by atoms with Crippen LogP contribution in [0.1, 0.15) is 111 Å². The molecule has 0 spiro atoms. The third-order valence-electron chi connectivity index (χ3n) is 16.2. The molecule has 4 aromatic rings. The van der Waals surface area contributed by atoms with E-state index >= 15 is 0 Å². The molecule has 10 rings (SSSR count). The van der Waals surface area contributed by atoms with Gasteiger partial charge in [-0.1, -0.05) is 50.0 Å². The van der Waals surface area contributed by atoms with Gasteiger partial charge in [0.1, 0.15) is 0 Å². The molecule has 2 saturated carbocycles. The number of amides is 4. The second-order valence-corrected chi connectivity index (χ2v) is 20.6. The zero-order valence-electron chi connectivity index (χ0n) is 41.9. The number of imidazole rings is 2. The van der Waals surface area contributed by atoms with Crippen molar-refractivity contribution in [2.75, 3.05) is 26.3 Å². The maximum atomic E-state index is 13.8. The number of nitrogens with one attached hydrogen (secondary N) is 2. The zero-order valence-corrected chi connectivity index (χ0v) is 41.9. The molecule has 2 aliphatic carbocycles. The molecule has 0 radical (unpaired) electrons. The van der Waals surface area contributed by atoms with Crippen LogP contribution in [0.25, 0.3) is 12.2 Å². The number of nitrogens with zero attached hydrogens (tertiary/aromatic N) is 8. The predicted molar refractivity (Wildman–Crippen MR) is 269 cm³/mol. The van der Waals surface area contributed by atoms with E-state index in [1.165, 1.54) is 0 Å². The van der Waals surface area contributed by atoms with Crippen LogP contribution in [0, 0.1) is 35.5 Å². The fourth-order valence-electron chi connectivity index (χ4n) is 12.9. The molecule has 72 heavy (non-hydrogen) atoms. The first-order chi connectivity index (χ1) is 34.9. The highest BCUT2D eigenvalue weighted by molar-refractivity contribution is 5.86. The van der Waals surface area contributed by atoms with E-state index in [-0.39, 0.29) is 72.9 Å². The van der Waals surface area contributed by atoms with Crippen LogP contribution >= 0.6 is 0 Å². The third kappa shape index (κ3) is 9.54. The Labute approximate surface area is 419 Å². The number of aryl methyl sites for hydroxylation is 2. The number of hydrogen-bond donors (Lipinski definition) is 4. The number of aromatic nitrogens is 6. The maximum Gasteiger partial charge on any atom is 0.258 e. The van der Waals surface area contributed by atoms with Gasteiger partial charge in [-0.2, -0.15) is 0 Å². The monoisotopic (exact) mass is 987 g/mol. The molecule has 6 aliphatic rings. The van der Waals surface area contributed by atoms with Crippen LogP contribution in [-0.4, -0.2) is 110 Å². The minimum atomic E-state index is -0.630. The van der Waals surface area contributed by atoms with E-state index < -0.39 is 47.8 Å².